The van der Waals surface area contributed by atoms with Crippen LogP contribution in [0.3, 0.4) is 0 Å². The van der Waals surface area contributed by atoms with Crippen LogP contribution in [0.2, 0.25) is 0 Å². The van der Waals surface area contributed by atoms with E-state index in [0.29, 0.717) is 11.7 Å². The minimum absolute atomic E-state index is 0.0242. The van der Waals surface area contributed by atoms with Crippen molar-refractivity contribution in [1.29, 1.82) is 0 Å². The summed E-state index contributed by atoms with van der Waals surface area (Å²) in [6, 6.07) is -0.759. The number of hydrogen-bond donors (Lipinski definition) is 1. The molecule has 0 aromatic heterocycles. The van der Waals surface area contributed by atoms with Gasteiger partial charge < -0.3 is 10.0 Å². The highest BCUT2D eigenvalue weighted by atomic mass is 32.2. The maximum absolute atomic E-state index is 12.8. The number of hydrogen-bond acceptors (Lipinski definition) is 3. The number of carbonyl (C=O) groups is 2. The Balaban J connectivity index is 2.09. The zero-order valence-corrected chi connectivity index (χ0v) is 13.9. The predicted octanol–water partition coefficient (Wildman–Crippen LogP) is 2.71. The van der Waals surface area contributed by atoms with E-state index in [1.54, 1.807) is 16.7 Å². The molecule has 0 spiro atoms. The summed E-state index contributed by atoms with van der Waals surface area (Å²) in [4.78, 5) is 27.7. The highest BCUT2D eigenvalue weighted by Crippen LogP contribution is 2.36. The Bertz CT molecular complexity index is 402. The van der Waals surface area contributed by atoms with Crippen molar-refractivity contribution < 1.29 is 14.7 Å². The lowest BCUT2D eigenvalue weighted by atomic mass is 10.0. The predicted molar refractivity (Wildman–Crippen MR) is 84.3 cm³/mol. The maximum atomic E-state index is 12.8. The average molecular weight is 314 g/mol. The summed E-state index contributed by atoms with van der Waals surface area (Å²) in [5.41, 5.74) is 0. The Morgan fingerprint density at radius 1 is 1.38 bits per heavy atom. The molecule has 2 rings (SSSR count). The van der Waals surface area contributed by atoms with Crippen LogP contribution in [-0.2, 0) is 4.79 Å². The van der Waals surface area contributed by atoms with Crippen LogP contribution in [-0.4, -0.2) is 57.2 Å². The van der Waals surface area contributed by atoms with Crippen molar-refractivity contribution in [2.24, 2.45) is 11.8 Å². The van der Waals surface area contributed by atoms with Gasteiger partial charge in [0.15, 0.2) is 0 Å². The van der Waals surface area contributed by atoms with Gasteiger partial charge in [0.05, 0.1) is 5.37 Å². The summed E-state index contributed by atoms with van der Waals surface area (Å²) in [6.45, 7) is 7.81. The van der Waals surface area contributed by atoms with Crippen LogP contribution in [0.1, 0.15) is 40.0 Å². The van der Waals surface area contributed by atoms with Crippen LogP contribution in [0.15, 0.2) is 0 Å². The second-order valence-corrected chi connectivity index (χ2v) is 7.55. The Hall–Kier alpha value is -0.910. The fraction of sp³-hybridized carbons (Fsp3) is 0.867. The minimum Gasteiger partial charge on any atom is -0.480 e. The molecule has 0 saturated carbocycles. The molecule has 0 bridgehead atoms. The van der Waals surface area contributed by atoms with E-state index >= 15 is 0 Å². The van der Waals surface area contributed by atoms with Crippen molar-refractivity contribution in [1.82, 2.24) is 9.80 Å². The molecule has 1 N–H and O–H groups in total. The summed E-state index contributed by atoms with van der Waals surface area (Å²) >= 11 is 1.59. The second-order valence-electron chi connectivity index (χ2n) is 6.40. The minimum atomic E-state index is -0.886. The first kappa shape index (κ1) is 16.5. The third kappa shape index (κ3) is 3.47. The van der Waals surface area contributed by atoms with Crippen molar-refractivity contribution in [3.05, 3.63) is 0 Å². The summed E-state index contributed by atoms with van der Waals surface area (Å²) in [7, 11) is 0. The number of carboxylic acid groups (broad SMARTS) is 1. The third-order valence-corrected chi connectivity index (χ3v) is 5.99. The Kier molecular flexibility index (Phi) is 5.41. The monoisotopic (exact) mass is 314 g/mol. The first-order chi connectivity index (χ1) is 9.95. The van der Waals surface area contributed by atoms with Gasteiger partial charge in [-0.1, -0.05) is 27.2 Å². The van der Waals surface area contributed by atoms with Crippen molar-refractivity contribution in [2.75, 3.05) is 18.8 Å². The Morgan fingerprint density at radius 3 is 2.67 bits per heavy atom. The van der Waals surface area contributed by atoms with E-state index in [1.165, 1.54) is 0 Å². The first-order valence-electron chi connectivity index (χ1n) is 7.87. The molecule has 21 heavy (non-hydrogen) atoms. The fourth-order valence-electron chi connectivity index (χ4n) is 3.29. The van der Waals surface area contributed by atoms with E-state index in [0.717, 1.165) is 32.4 Å². The van der Waals surface area contributed by atoms with Crippen LogP contribution >= 0.6 is 11.8 Å². The number of carbonyl (C=O) groups excluding carboxylic acids is 1. The van der Waals surface area contributed by atoms with Gasteiger partial charge in [-0.25, -0.2) is 9.59 Å². The Labute approximate surface area is 131 Å². The van der Waals surface area contributed by atoms with Crippen LogP contribution in [0.25, 0.3) is 0 Å². The molecule has 6 heteroatoms. The topological polar surface area (TPSA) is 60.9 Å². The van der Waals surface area contributed by atoms with E-state index < -0.39 is 12.0 Å². The number of rotatable bonds is 4. The molecule has 3 unspecified atom stereocenters. The number of nitrogens with zero attached hydrogens (tertiary/aromatic N) is 2. The van der Waals surface area contributed by atoms with Gasteiger partial charge in [-0.15, -0.1) is 11.8 Å². The Morgan fingerprint density at radius 2 is 2.10 bits per heavy atom. The molecule has 120 valence electrons. The molecule has 2 aliphatic heterocycles. The van der Waals surface area contributed by atoms with Crippen molar-refractivity contribution in [3.63, 3.8) is 0 Å². The molecule has 2 fully saturated rings. The van der Waals surface area contributed by atoms with Gasteiger partial charge in [-0.2, -0.15) is 0 Å². The van der Waals surface area contributed by atoms with Crippen LogP contribution < -0.4 is 0 Å². The van der Waals surface area contributed by atoms with E-state index in [4.69, 9.17) is 0 Å². The molecule has 5 nitrogen and oxygen atoms in total. The molecule has 2 amide bonds. The normalized spacial score (nSPS) is 29.4. The first-order valence-corrected chi connectivity index (χ1v) is 8.92. The molecular weight excluding hydrogens is 288 g/mol. The van der Waals surface area contributed by atoms with Gasteiger partial charge >= 0.3 is 12.0 Å². The SMILES string of the molecule is CCCC1CCN(C(=O)N2C(C(=O)O)CSC2C(C)C)C1. The maximum Gasteiger partial charge on any atom is 0.327 e. The quantitative estimate of drug-likeness (QED) is 0.867. The molecule has 3 atom stereocenters. The lowest BCUT2D eigenvalue weighted by Gasteiger charge is -2.33. The van der Waals surface area contributed by atoms with Gasteiger partial charge in [-0.05, 0) is 24.7 Å². The summed E-state index contributed by atoms with van der Waals surface area (Å²) in [6.07, 6.45) is 3.33. The lowest BCUT2D eigenvalue weighted by Crippen LogP contribution is -2.52. The van der Waals surface area contributed by atoms with Gasteiger partial charge in [0.25, 0.3) is 0 Å². The summed E-state index contributed by atoms with van der Waals surface area (Å²) < 4.78 is 0. The van der Waals surface area contributed by atoms with Crippen LogP contribution in [0.4, 0.5) is 4.79 Å². The number of likely N-dealkylation sites (tertiary alicyclic amines) is 1. The van der Waals surface area contributed by atoms with Gasteiger partial charge in [0, 0.05) is 18.8 Å². The molecule has 0 aromatic carbocycles. The van der Waals surface area contributed by atoms with E-state index in [9.17, 15) is 14.7 Å². The highest BCUT2D eigenvalue weighted by molar-refractivity contribution is 8.00. The van der Waals surface area contributed by atoms with Crippen LogP contribution in [0.5, 0.6) is 0 Å². The summed E-state index contributed by atoms with van der Waals surface area (Å²) in [5, 5.41) is 9.36. The largest absolute Gasteiger partial charge is 0.480 e. The lowest BCUT2D eigenvalue weighted by molar-refractivity contribution is -0.141. The van der Waals surface area contributed by atoms with Crippen LogP contribution in [0, 0.1) is 11.8 Å². The third-order valence-electron chi connectivity index (χ3n) is 4.36. The van der Waals surface area contributed by atoms with Crippen molar-refractivity contribution >= 4 is 23.8 Å². The molecule has 2 heterocycles. The van der Waals surface area contributed by atoms with Gasteiger partial charge in [0.1, 0.15) is 6.04 Å². The molecular formula is C15H26N2O3S. The standard InChI is InChI=1S/C15H26N2O3S/c1-4-5-11-6-7-16(8-11)15(20)17-12(14(18)19)9-21-13(17)10(2)3/h10-13H,4-9H2,1-3H3,(H,18,19). The van der Waals surface area contributed by atoms with Crippen molar-refractivity contribution in [2.45, 2.75) is 51.4 Å². The zero-order valence-electron chi connectivity index (χ0n) is 13.1. The average Bonchev–Trinajstić information content (AvgIpc) is 3.04. The van der Waals surface area contributed by atoms with E-state index in [2.05, 4.69) is 6.92 Å². The molecule has 0 aromatic rings. The summed E-state index contributed by atoms with van der Waals surface area (Å²) in [5.74, 6) is 0.450. The van der Waals surface area contributed by atoms with Gasteiger partial charge in [0.2, 0.25) is 0 Å². The zero-order chi connectivity index (χ0) is 15.6. The number of aliphatic carboxylic acids is 1. The highest BCUT2D eigenvalue weighted by Gasteiger charge is 2.45. The molecule has 0 aliphatic carbocycles. The number of urea groups is 1. The second kappa shape index (κ2) is 6.90. The van der Waals surface area contributed by atoms with Crippen molar-refractivity contribution in [3.8, 4) is 0 Å². The smallest absolute Gasteiger partial charge is 0.327 e. The molecule has 0 radical (unpaired) electrons. The van der Waals surface area contributed by atoms with E-state index in [-0.39, 0.29) is 17.3 Å². The van der Waals surface area contributed by atoms with Gasteiger partial charge in [-0.3, -0.25) is 4.90 Å². The molecule has 2 saturated heterocycles. The number of thioether (sulfide) groups is 1. The molecule has 2 aliphatic rings. The fourth-order valence-corrected chi connectivity index (χ4v) is 4.75. The number of carboxylic acids is 1. The number of amides is 2. The van der Waals surface area contributed by atoms with E-state index in [1.807, 2.05) is 18.7 Å².